The number of piperidine rings is 1. The summed E-state index contributed by atoms with van der Waals surface area (Å²) in [5, 5.41) is 20.5. The van der Waals surface area contributed by atoms with Gasteiger partial charge in [-0.05, 0) is 43.5 Å². The molecule has 1 aromatic carbocycles. The number of carbonyl (C=O) groups is 1. The number of nitrogens with one attached hydrogen (secondary N) is 2. The predicted octanol–water partition coefficient (Wildman–Crippen LogP) is 1.80. The van der Waals surface area contributed by atoms with Crippen molar-refractivity contribution in [3.8, 4) is 5.75 Å². The van der Waals surface area contributed by atoms with E-state index >= 15 is 0 Å². The van der Waals surface area contributed by atoms with Crippen LogP contribution in [0.4, 0.5) is 4.39 Å². The molecule has 0 radical (unpaired) electrons. The van der Waals surface area contributed by atoms with Gasteiger partial charge in [-0.3, -0.25) is 4.79 Å². The zero-order valence-corrected chi connectivity index (χ0v) is 17.2. The third kappa shape index (κ3) is 6.99. The summed E-state index contributed by atoms with van der Waals surface area (Å²) in [5.74, 6) is 0.165. The molecule has 160 valence electrons. The van der Waals surface area contributed by atoms with Crippen molar-refractivity contribution in [1.29, 1.82) is 5.41 Å². The zero-order valence-electron chi connectivity index (χ0n) is 16.5. The van der Waals surface area contributed by atoms with Crippen molar-refractivity contribution in [3.63, 3.8) is 0 Å². The highest BCUT2D eigenvalue weighted by molar-refractivity contribution is 6.30. The first-order chi connectivity index (χ1) is 13.8. The molecule has 5 N–H and O–H groups in total. The third-order valence-corrected chi connectivity index (χ3v) is 5.05. The van der Waals surface area contributed by atoms with Gasteiger partial charge < -0.3 is 31.2 Å². The number of aryl methyl sites for hydroxylation is 1. The Labute approximate surface area is 175 Å². The second-order valence-electron chi connectivity index (χ2n) is 7.11. The molecule has 0 bridgehead atoms. The molecule has 7 nitrogen and oxygen atoms in total. The van der Waals surface area contributed by atoms with Crippen LogP contribution in [0.15, 0.2) is 29.5 Å². The molecule has 1 saturated heterocycles. The van der Waals surface area contributed by atoms with Gasteiger partial charge in [-0.2, -0.15) is 0 Å². The number of alkyl halides is 1. The van der Waals surface area contributed by atoms with Crippen LogP contribution < -0.4 is 15.8 Å². The van der Waals surface area contributed by atoms with Crippen molar-refractivity contribution < 1.29 is 19.0 Å². The molecular weight excluding hydrogens is 399 g/mol. The number of amides is 1. The average molecular weight is 427 g/mol. The highest BCUT2D eigenvalue weighted by atomic mass is 35.5. The van der Waals surface area contributed by atoms with Crippen LogP contribution in [0.2, 0.25) is 5.02 Å². The Morgan fingerprint density at radius 2 is 2.21 bits per heavy atom. The molecule has 1 amide bonds. The van der Waals surface area contributed by atoms with E-state index in [9.17, 15) is 14.3 Å². The summed E-state index contributed by atoms with van der Waals surface area (Å²) in [4.78, 5) is 14.0. The molecule has 0 unspecified atom stereocenters. The van der Waals surface area contributed by atoms with E-state index in [1.54, 1.807) is 0 Å². The Morgan fingerprint density at radius 1 is 1.52 bits per heavy atom. The molecule has 1 fully saturated rings. The van der Waals surface area contributed by atoms with E-state index < -0.39 is 18.7 Å². The van der Waals surface area contributed by atoms with E-state index in [4.69, 9.17) is 27.5 Å². The maximum atomic E-state index is 12.6. The molecular formula is C20H28ClFN4O3. The number of aliphatic hydroxyl groups is 1. The van der Waals surface area contributed by atoms with Crippen LogP contribution in [0.25, 0.3) is 0 Å². The van der Waals surface area contributed by atoms with Gasteiger partial charge in [-0.15, -0.1) is 0 Å². The number of benzene rings is 1. The van der Waals surface area contributed by atoms with E-state index in [0.29, 0.717) is 17.8 Å². The Kier molecular flexibility index (Phi) is 8.88. The standard InChI is InChI=1S/C20H28ClFN4O3/c1-13-8-14(21)2-3-19(13)29-16-4-6-26(7-5-16)12-15(27)11-25-20(28)17(10-23)18(24)9-22/h2-3,8,10,15-16,23,27H,4-7,9,11-12,24H2,1H3,(H,25,28)/t15-/m1/s1. The minimum absolute atomic E-state index is 0.00383. The van der Waals surface area contributed by atoms with Gasteiger partial charge in [0.05, 0.1) is 17.4 Å². The molecule has 0 spiro atoms. The highest BCUT2D eigenvalue weighted by Gasteiger charge is 2.23. The maximum Gasteiger partial charge on any atom is 0.254 e. The first-order valence-corrected chi connectivity index (χ1v) is 9.88. The molecule has 2 rings (SSSR count). The minimum atomic E-state index is -1.01. The molecule has 0 aromatic heterocycles. The molecule has 0 saturated carbocycles. The van der Waals surface area contributed by atoms with Crippen molar-refractivity contribution in [2.24, 2.45) is 5.73 Å². The summed E-state index contributed by atoms with van der Waals surface area (Å²) in [6, 6.07) is 5.56. The molecule has 29 heavy (non-hydrogen) atoms. The maximum absolute atomic E-state index is 12.6. The third-order valence-electron chi connectivity index (χ3n) is 4.81. The van der Waals surface area contributed by atoms with Crippen molar-refractivity contribution in [1.82, 2.24) is 10.2 Å². The summed E-state index contributed by atoms with van der Waals surface area (Å²) in [6.45, 7) is 2.88. The summed E-state index contributed by atoms with van der Waals surface area (Å²) in [5.41, 5.74) is 5.84. The van der Waals surface area contributed by atoms with Crippen LogP contribution in [0, 0.1) is 12.3 Å². The number of hydrogen-bond donors (Lipinski definition) is 4. The molecule has 1 atom stereocenters. The molecule has 1 aromatic rings. The first-order valence-electron chi connectivity index (χ1n) is 9.50. The van der Waals surface area contributed by atoms with Crippen LogP contribution in [0.5, 0.6) is 5.75 Å². The number of ether oxygens (including phenoxy) is 1. The smallest absolute Gasteiger partial charge is 0.254 e. The number of allylic oxidation sites excluding steroid dienone is 1. The zero-order chi connectivity index (χ0) is 21.4. The number of hydrogen-bond acceptors (Lipinski definition) is 6. The van der Waals surface area contributed by atoms with Gasteiger partial charge in [0.25, 0.3) is 5.91 Å². The van der Waals surface area contributed by atoms with Crippen molar-refractivity contribution in [3.05, 3.63) is 40.1 Å². The van der Waals surface area contributed by atoms with E-state index in [1.807, 2.05) is 25.1 Å². The summed E-state index contributed by atoms with van der Waals surface area (Å²) in [7, 11) is 0. The molecule has 9 heteroatoms. The highest BCUT2D eigenvalue weighted by Crippen LogP contribution is 2.25. The van der Waals surface area contributed by atoms with Gasteiger partial charge in [-0.1, -0.05) is 11.6 Å². The number of β-amino-alcohol motifs (C(OH)–C–C–N with tert-alkyl or cyclic N) is 1. The van der Waals surface area contributed by atoms with Crippen molar-refractivity contribution >= 4 is 23.7 Å². The number of halogens is 2. The normalized spacial score (nSPS) is 17.4. The summed E-state index contributed by atoms with van der Waals surface area (Å²) < 4.78 is 18.6. The number of aliphatic hydroxyl groups excluding tert-OH is 1. The van der Waals surface area contributed by atoms with Gasteiger partial charge >= 0.3 is 0 Å². The van der Waals surface area contributed by atoms with Crippen LogP contribution >= 0.6 is 11.6 Å². The molecule has 1 aliphatic rings. The van der Waals surface area contributed by atoms with Gasteiger partial charge in [0.2, 0.25) is 0 Å². The Balaban J connectivity index is 1.74. The van der Waals surface area contributed by atoms with Crippen molar-refractivity contribution in [2.75, 3.05) is 32.9 Å². The van der Waals surface area contributed by atoms with Crippen molar-refractivity contribution in [2.45, 2.75) is 32.0 Å². The van der Waals surface area contributed by atoms with Gasteiger partial charge in [0.15, 0.2) is 0 Å². The first kappa shape index (κ1) is 23.1. The topological polar surface area (TPSA) is 112 Å². The lowest BCUT2D eigenvalue weighted by atomic mass is 10.1. The second-order valence-corrected chi connectivity index (χ2v) is 7.54. The van der Waals surface area contributed by atoms with E-state index in [-0.39, 0.29) is 23.9 Å². The summed E-state index contributed by atoms with van der Waals surface area (Å²) >= 11 is 5.97. The average Bonchev–Trinajstić information content (AvgIpc) is 2.70. The number of likely N-dealkylation sites (tertiary alicyclic amines) is 1. The molecule has 1 heterocycles. The molecule has 1 aliphatic heterocycles. The van der Waals surface area contributed by atoms with Gasteiger partial charge in [0.1, 0.15) is 18.5 Å². The quantitative estimate of drug-likeness (QED) is 0.355. The van der Waals surface area contributed by atoms with Crippen LogP contribution in [-0.2, 0) is 4.79 Å². The predicted molar refractivity (Wildman–Crippen MR) is 111 cm³/mol. The number of nitrogens with two attached hydrogens (primary N) is 1. The Bertz CT molecular complexity index is 751. The SMILES string of the molecule is Cc1cc(Cl)ccc1OC1CCN(C[C@H](O)CNC(=O)C(C=N)=C(N)CF)CC1. The fourth-order valence-corrected chi connectivity index (χ4v) is 3.41. The fraction of sp³-hybridized carbons (Fsp3) is 0.500. The lowest BCUT2D eigenvalue weighted by Gasteiger charge is -2.33. The largest absolute Gasteiger partial charge is 0.490 e. The summed E-state index contributed by atoms with van der Waals surface area (Å²) in [6.07, 6.45) is 1.69. The van der Waals surface area contributed by atoms with Crippen LogP contribution in [-0.4, -0.2) is 67.2 Å². The van der Waals surface area contributed by atoms with E-state index in [1.165, 1.54) is 0 Å². The number of rotatable bonds is 9. The van der Waals surface area contributed by atoms with Crippen LogP contribution in [0.1, 0.15) is 18.4 Å². The number of carbonyl (C=O) groups excluding carboxylic acids is 1. The van der Waals surface area contributed by atoms with Crippen LogP contribution in [0.3, 0.4) is 0 Å². The Hall–Kier alpha value is -2.16. The lowest BCUT2D eigenvalue weighted by Crippen LogP contribution is -2.45. The lowest BCUT2D eigenvalue weighted by molar-refractivity contribution is -0.117. The fourth-order valence-electron chi connectivity index (χ4n) is 3.18. The monoisotopic (exact) mass is 426 g/mol. The second kappa shape index (κ2) is 11.1. The minimum Gasteiger partial charge on any atom is -0.490 e. The van der Waals surface area contributed by atoms with Gasteiger partial charge in [0, 0.05) is 37.4 Å². The number of nitrogens with zero attached hydrogens (tertiary/aromatic N) is 1. The molecule has 0 aliphatic carbocycles. The van der Waals surface area contributed by atoms with Gasteiger partial charge in [-0.25, -0.2) is 4.39 Å². The van der Waals surface area contributed by atoms with E-state index in [0.717, 1.165) is 37.2 Å². The van der Waals surface area contributed by atoms with E-state index in [2.05, 4.69) is 10.2 Å². The Morgan fingerprint density at radius 3 is 2.79 bits per heavy atom.